The van der Waals surface area contributed by atoms with E-state index in [2.05, 4.69) is 0 Å². The van der Waals surface area contributed by atoms with Gasteiger partial charge in [0.25, 0.3) is 5.69 Å². The SMILES string of the molecule is COc1cc(CC(CCO)C(C)=O)cc([N+](=O)[O-])c1. The number of nitrogens with zero attached hydrogens (tertiary/aromatic N) is 1. The largest absolute Gasteiger partial charge is 0.496 e. The van der Waals surface area contributed by atoms with E-state index in [-0.39, 0.29) is 24.0 Å². The first-order valence-electron chi connectivity index (χ1n) is 5.91. The Labute approximate surface area is 111 Å². The lowest BCUT2D eigenvalue weighted by Crippen LogP contribution is -2.15. The van der Waals surface area contributed by atoms with Gasteiger partial charge in [0.2, 0.25) is 0 Å². The highest BCUT2D eigenvalue weighted by atomic mass is 16.6. The molecule has 0 amide bonds. The molecule has 0 aliphatic carbocycles. The van der Waals surface area contributed by atoms with Crippen LogP contribution in [0, 0.1) is 16.0 Å². The molecule has 0 fully saturated rings. The van der Waals surface area contributed by atoms with E-state index in [1.165, 1.54) is 26.2 Å². The molecular formula is C13H17NO5. The number of benzene rings is 1. The standard InChI is InChI=1S/C13H17NO5/c1-9(16)11(3-4-15)5-10-6-12(14(17)18)8-13(7-10)19-2/h6-8,11,15H,3-5H2,1-2H3. The van der Waals surface area contributed by atoms with Crippen LogP contribution in [0.25, 0.3) is 0 Å². The Hall–Kier alpha value is -1.95. The number of non-ortho nitro benzene ring substituents is 1. The molecule has 1 atom stereocenters. The zero-order chi connectivity index (χ0) is 14.4. The van der Waals surface area contributed by atoms with Gasteiger partial charge in [0.1, 0.15) is 11.5 Å². The summed E-state index contributed by atoms with van der Waals surface area (Å²) in [5, 5.41) is 19.7. The van der Waals surface area contributed by atoms with E-state index < -0.39 is 4.92 Å². The summed E-state index contributed by atoms with van der Waals surface area (Å²) in [5.74, 6) is 0.00623. The summed E-state index contributed by atoms with van der Waals surface area (Å²) in [6.07, 6.45) is 0.703. The van der Waals surface area contributed by atoms with Crippen molar-refractivity contribution in [2.75, 3.05) is 13.7 Å². The number of ketones is 1. The topological polar surface area (TPSA) is 89.7 Å². The Bertz CT molecular complexity index is 472. The number of rotatable bonds is 7. The smallest absolute Gasteiger partial charge is 0.273 e. The molecule has 0 heterocycles. The van der Waals surface area contributed by atoms with Gasteiger partial charge in [0.05, 0.1) is 18.1 Å². The van der Waals surface area contributed by atoms with Gasteiger partial charge in [-0.15, -0.1) is 0 Å². The lowest BCUT2D eigenvalue weighted by atomic mass is 9.93. The molecule has 6 heteroatoms. The lowest BCUT2D eigenvalue weighted by Gasteiger charge is -2.13. The van der Waals surface area contributed by atoms with Crippen LogP contribution < -0.4 is 4.74 Å². The third-order valence-corrected chi connectivity index (χ3v) is 2.93. The summed E-state index contributed by atoms with van der Waals surface area (Å²) in [5.41, 5.74) is 0.584. The number of nitro benzene ring substituents is 1. The summed E-state index contributed by atoms with van der Waals surface area (Å²) >= 11 is 0. The fraction of sp³-hybridized carbons (Fsp3) is 0.462. The maximum atomic E-state index is 11.4. The number of hydrogen-bond acceptors (Lipinski definition) is 5. The first kappa shape index (κ1) is 15.1. The van der Waals surface area contributed by atoms with E-state index >= 15 is 0 Å². The summed E-state index contributed by atoms with van der Waals surface area (Å²) < 4.78 is 5.01. The molecule has 1 N–H and O–H groups in total. The van der Waals surface area contributed by atoms with Crippen LogP contribution in [-0.4, -0.2) is 29.5 Å². The zero-order valence-electron chi connectivity index (χ0n) is 11.0. The maximum Gasteiger partial charge on any atom is 0.273 e. The number of carbonyl (C=O) groups excluding carboxylic acids is 1. The number of carbonyl (C=O) groups is 1. The molecule has 1 unspecified atom stereocenters. The fourth-order valence-electron chi connectivity index (χ4n) is 1.87. The molecule has 0 aromatic heterocycles. The predicted octanol–water partition coefficient (Wildman–Crippen LogP) is 1.73. The van der Waals surface area contributed by atoms with Gasteiger partial charge in [-0.1, -0.05) is 0 Å². The Balaban J connectivity index is 3.01. The number of aliphatic hydroxyl groups is 1. The molecular weight excluding hydrogens is 250 g/mol. The van der Waals surface area contributed by atoms with E-state index in [4.69, 9.17) is 9.84 Å². The normalized spacial score (nSPS) is 11.9. The van der Waals surface area contributed by atoms with Crippen molar-refractivity contribution in [2.45, 2.75) is 19.8 Å². The van der Waals surface area contributed by atoms with Crippen molar-refractivity contribution in [2.24, 2.45) is 5.92 Å². The molecule has 6 nitrogen and oxygen atoms in total. The van der Waals surface area contributed by atoms with Crippen molar-refractivity contribution < 1.29 is 19.6 Å². The maximum absolute atomic E-state index is 11.4. The van der Waals surface area contributed by atoms with E-state index in [1.54, 1.807) is 6.07 Å². The molecule has 0 bridgehead atoms. The molecule has 19 heavy (non-hydrogen) atoms. The van der Waals surface area contributed by atoms with E-state index in [0.29, 0.717) is 24.2 Å². The number of nitro groups is 1. The number of methoxy groups -OCH3 is 1. The Kier molecular flexibility index (Phi) is 5.44. The van der Waals surface area contributed by atoms with Gasteiger partial charge in [-0.2, -0.15) is 0 Å². The predicted molar refractivity (Wildman–Crippen MR) is 69.2 cm³/mol. The van der Waals surface area contributed by atoms with Gasteiger partial charge in [-0.05, 0) is 31.4 Å². The van der Waals surface area contributed by atoms with Crippen molar-refractivity contribution in [3.63, 3.8) is 0 Å². The van der Waals surface area contributed by atoms with Crippen LogP contribution in [0.2, 0.25) is 0 Å². The third-order valence-electron chi connectivity index (χ3n) is 2.93. The number of hydrogen-bond donors (Lipinski definition) is 1. The molecule has 0 aliphatic rings. The van der Waals surface area contributed by atoms with Gasteiger partial charge < -0.3 is 9.84 Å². The second-order valence-corrected chi connectivity index (χ2v) is 4.32. The second kappa shape index (κ2) is 6.84. The first-order valence-corrected chi connectivity index (χ1v) is 5.91. The molecule has 0 spiro atoms. The van der Waals surface area contributed by atoms with Gasteiger partial charge in [0.15, 0.2) is 0 Å². The number of ether oxygens (including phenoxy) is 1. The monoisotopic (exact) mass is 267 g/mol. The van der Waals surface area contributed by atoms with Crippen molar-refractivity contribution in [3.05, 3.63) is 33.9 Å². The number of Topliss-reactive ketones (excluding diaryl/α,β-unsaturated/α-hetero) is 1. The first-order chi connectivity index (χ1) is 8.97. The fourth-order valence-corrected chi connectivity index (χ4v) is 1.87. The van der Waals surface area contributed by atoms with Crippen molar-refractivity contribution >= 4 is 11.5 Å². The van der Waals surface area contributed by atoms with E-state index in [1.807, 2.05) is 0 Å². The minimum absolute atomic E-state index is 0.0421. The van der Waals surface area contributed by atoms with Gasteiger partial charge in [0, 0.05) is 18.6 Å². The summed E-state index contributed by atoms with van der Waals surface area (Å²) in [4.78, 5) is 21.7. The number of aliphatic hydroxyl groups excluding tert-OH is 1. The van der Waals surface area contributed by atoms with Gasteiger partial charge in [-0.25, -0.2) is 0 Å². The summed E-state index contributed by atoms with van der Waals surface area (Å²) in [7, 11) is 1.43. The highest BCUT2D eigenvalue weighted by Gasteiger charge is 2.17. The van der Waals surface area contributed by atoms with Crippen molar-refractivity contribution in [3.8, 4) is 5.75 Å². The Morgan fingerprint density at radius 2 is 2.16 bits per heavy atom. The van der Waals surface area contributed by atoms with Crippen molar-refractivity contribution in [1.29, 1.82) is 0 Å². The highest BCUT2D eigenvalue weighted by molar-refractivity contribution is 5.78. The highest BCUT2D eigenvalue weighted by Crippen LogP contribution is 2.25. The van der Waals surface area contributed by atoms with Gasteiger partial charge in [-0.3, -0.25) is 14.9 Å². The van der Waals surface area contributed by atoms with Crippen LogP contribution in [0.5, 0.6) is 5.75 Å². The van der Waals surface area contributed by atoms with Crippen LogP contribution in [0.1, 0.15) is 18.9 Å². The minimum atomic E-state index is -0.499. The summed E-state index contributed by atoms with van der Waals surface area (Å²) in [6, 6.07) is 4.43. The van der Waals surface area contributed by atoms with E-state index in [9.17, 15) is 14.9 Å². The molecule has 0 saturated carbocycles. The second-order valence-electron chi connectivity index (χ2n) is 4.32. The molecule has 0 saturated heterocycles. The van der Waals surface area contributed by atoms with Crippen LogP contribution in [0.15, 0.2) is 18.2 Å². The third kappa shape index (κ3) is 4.33. The molecule has 1 aromatic carbocycles. The Morgan fingerprint density at radius 3 is 2.63 bits per heavy atom. The lowest BCUT2D eigenvalue weighted by molar-refractivity contribution is -0.385. The van der Waals surface area contributed by atoms with Crippen LogP contribution in [-0.2, 0) is 11.2 Å². The van der Waals surface area contributed by atoms with Crippen molar-refractivity contribution in [1.82, 2.24) is 0 Å². The molecule has 1 aromatic rings. The molecule has 0 aliphatic heterocycles. The average Bonchev–Trinajstić information content (AvgIpc) is 2.37. The van der Waals surface area contributed by atoms with Gasteiger partial charge >= 0.3 is 0 Å². The van der Waals surface area contributed by atoms with Crippen LogP contribution >= 0.6 is 0 Å². The van der Waals surface area contributed by atoms with Crippen LogP contribution in [0.4, 0.5) is 5.69 Å². The summed E-state index contributed by atoms with van der Waals surface area (Å²) in [6.45, 7) is 1.37. The van der Waals surface area contributed by atoms with Crippen LogP contribution in [0.3, 0.4) is 0 Å². The zero-order valence-corrected chi connectivity index (χ0v) is 11.0. The molecule has 104 valence electrons. The Morgan fingerprint density at radius 1 is 1.47 bits per heavy atom. The quantitative estimate of drug-likeness (QED) is 0.600. The minimum Gasteiger partial charge on any atom is -0.496 e. The molecule has 0 radical (unpaired) electrons. The average molecular weight is 267 g/mol. The molecule has 1 rings (SSSR count). The van der Waals surface area contributed by atoms with E-state index in [0.717, 1.165) is 0 Å².